The molecule has 0 aliphatic carbocycles. The lowest BCUT2D eigenvalue weighted by molar-refractivity contribution is 0.396. The van der Waals surface area contributed by atoms with Crippen LogP contribution in [0.4, 0.5) is 0 Å². The third kappa shape index (κ3) is 11.1. The Morgan fingerprint density at radius 1 is 1.12 bits per heavy atom. The van der Waals surface area contributed by atoms with Crippen LogP contribution in [0.15, 0.2) is 0 Å². The van der Waals surface area contributed by atoms with Crippen LogP contribution in [0.2, 0.25) is 0 Å². The molecule has 0 fully saturated rings. The highest BCUT2D eigenvalue weighted by atomic mass is 127. The van der Waals surface area contributed by atoms with E-state index in [0.717, 1.165) is 17.3 Å². The lowest BCUT2D eigenvalue weighted by Crippen LogP contribution is -2.29. The number of rotatable bonds is 8. The van der Waals surface area contributed by atoms with Gasteiger partial charge in [-0.15, -0.1) is 0 Å². The predicted octanol–water partition coefficient (Wildman–Crippen LogP) is 2.95. The first-order chi connectivity index (χ1) is 7.27. The highest BCUT2D eigenvalue weighted by Gasteiger charge is 2.16. The molecule has 0 spiro atoms. The molecule has 0 saturated carbocycles. The quantitative estimate of drug-likeness (QED) is 0.411. The zero-order valence-electron chi connectivity index (χ0n) is 10.6. The predicted molar refractivity (Wildman–Crippen MR) is 78.6 cm³/mol. The van der Waals surface area contributed by atoms with Gasteiger partial charge < -0.3 is 0 Å². The first-order valence-electron chi connectivity index (χ1n) is 5.80. The summed E-state index contributed by atoms with van der Waals surface area (Å²) in [5.41, 5.74) is 0.0793. The molecule has 0 aliphatic rings. The van der Waals surface area contributed by atoms with E-state index in [1.165, 1.54) is 6.42 Å². The van der Waals surface area contributed by atoms with Gasteiger partial charge in [-0.05, 0) is 29.1 Å². The highest BCUT2D eigenvalue weighted by molar-refractivity contribution is 14.1. The van der Waals surface area contributed by atoms with Crippen molar-refractivity contribution >= 4 is 32.6 Å². The van der Waals surface area contributed by atoms with Gasteiger partial charge in [-0.25, -0.2) is 13.1 Å². The summed E-state index contributed by atoms with van der Waals surface area (Å²) in [6.45, 7) is 6.76. The largest absolute Gasteiger partial charge is 0.215 e. The minimum Gasteiger partial charge on any atom is -0.215 e. The maximum absolute atomic E-state index is 11.6. The Morgan fingerprint density at radius 2 is 1.75 bits per heavy atom. The Balaban J connectivity index is 3.71. The topological polar surface area (TPSA) is 46.2 Å². The summed E-state index contributed by atoms with van der Waals surface area (Å²) in [5, 5.41) is 0. The average Bonchev–Trinajstić information content (AvgIpc) is 2.14. The van der Waals surface area contributed by atoms with E-state index in [0.29, 0.717) is 13.0 Å². The maximum Gasteiger partial charge on any atom is 0.211 e. The van der Waals surface area contributed by atoms with E-state index >= 15 is 0 Å². The second-order valence-corrected chi connectivity index (χ2v) is 8.28. The molecule has 0 aliphatic heterocycles. The first-order valence-corrected chi connectivity index (χ1v) is 8.98. The van der Waals surface area contributed by atoms with Crippen LogP contribution in [0.1, 0.15) is 46.5 Å². The molecule has 0 radical (unpaired) electrons. The van der Waals surface area contributed by atoms with Crippen LogP contribution in [0.5, 0.6) is 0 Å². The molecule has 1 N–H and O–H groups in total. The molecule has 0 unspecified atom stereocenters. The van der Waals surface area contributed by atoms with E-state index in [1.54, 1.807) is 0 Å². The molecule has 0 atom stereocenters. The van der Waals surface area contributed by atoms with Gasteiger partial charge in [0.2, 0.25) is 10.0 Å². The summed E-state index contributed by atoms with van der Waals surface area (Å²) in [6.07, 6.45) is 3.92. The van der Waals surface area contributed by atoms with Crippen molar-refractivity contribution < 1.29 is 8.42 Å². The van der Waals surface area contributed by atoms with Crippen molar-refractivity contribution in [3.8, 4) is 0 Å². The molecule has 0 bridgehead atoms. The molecule has 0 amide bonds. The van der Waals surface area contributed by atoms with Crippen molar-refractivity contribution in [1.82, 2.24) is 4.72 Å². The summed E-state index contributed by atoms with van der Waals surface area (Å²) in [4.78, 5) is 0. The number of alkyl halides is 1. The van der Waals surface area contributed by atoms with Crippen LogP contribution < -0.4 is 4.72 Å². The molecule has 0 aromatic rings. The van der Waals surface area contributed by atoms with Crippen LogP contribution >= 0.6 is 22.6 Å². The summed E-state index contributed by atoms with van der Waals surface area (Å²) in [5.74, 6) is 0.239. The van der Waals surface area contributed by atoms with Gasteiger partial charge in [0.05, 0.1) is 5.75 Å². The minimum atomic E-state index is -3.05. The van der Waals surface area contributed by atoms with Gasteiger partial charge in [0, 0.05) is 6.54 Å². The Bertz CT molecular complexity index is 270. The minimum absolute atomic E-state index is 0.0793. The van der Waals surface area contributed by atoms with E-state index in [2.05, 4.69) is 48.1 Å². The van der Waals surface area contributed by atoms with Crippen molar-refractivity contribution in [3.05, 3.63) is 0 Å². The van der Waals surface area contributed by atoms with Crippen molar-refractivity contribution in [1.29, 1.82) is 0 Å². The zero-order chi connectivity index (χ0) is 12.7. The average molecular weight is 361 g/mol. The highest BCUT2D eigenvalue weighted by Crippen LogP contribution is 2.18. The monoisotopic (exact) mass is 361 g/mol. The molecule has 3 nitrogen and oxygen atoms in total. The van der Waals surface area contributed by atoms with Crippen LogP contribution in [-0.2, 0) is 10.0 Å². The second-order valence-electron chi connectivity index (χ2n) is 5.27. The van der Waals surface area contributed by atoms with E-state index in [-0.39, 0.29) is 11.2 Å². The van der Waals surface area contributed by atoms with Crippen molar-refractivity contribution in [2.24, 2.45) is 5.41 Å². The molecule has 0 saturated heterocycles. The normalized spacial score (nSPS) is 13.0. The van der Waals surface area contributed by atoms with Gasteiger partial charge in [0.1, 0.15) is 0 Å². The smallest absolute Gasteiger partial charge is 0.211 e. The van der Waals surface area contributed by atoms with E-state index < -0.39 is 10.0 Å². The fourth-order valence-electron chi connectivity index (χ4n) is 1.14. The summed E-state index contributed by atoms with van der Waals surface area (Å²) in [7, 11) is -3.05. The van der Waals surface area contributed by atoms with Gasteiger partial charge in [0.15, 0.2) is 0 Å². The van der Waals surface area contributed by atoms with Crippen molar-refractivity contribution in [2.75, 3.05) is 16.7 Å². The Morgan fingerprint density at radius 3 is 2.25 bits per heavy atom. The van der Waals surface area contributed by atoms with Gasteiger partial charge in [0.25, 0.3) is 0 Å². The van der Waals surface area contributed by atoms with Gasteiger partial charge in [-0.2, -0.15) is 0 Å². The number of hydrogen-bond donors (Lipinski definition) is 1. The fraction of sp³-hybridized carbons (Fsp3) is 1.00. The van der Waals surface area contributed by atoms with Crippen LogP contribution in [-0.4, -0.2) is 25.1 Å². The summed E-state index contributed by atoms with van der Waals surface area (Å²) in [6, 6.07) is 0. The van der Waals surface area contributed by atoms with Gasteiger partial charge in [-0.3, -0.25) is 0 Å². The van der Waals surface area contributed by atoms with E-state index in [1.807, 2.05) is 0 Å². The third-order valence-corrected chi connectivity index (χ3v) is 4.40. The molecule has 0 aromatic heterocycles. The number of halogens is 1. The van der Waals surface area contributed by atoms with Crippen LogP contribution in [0.25, 0.3) is 0 Å². The van der Waals surface area contributed by atoms with Gasteiger partial charge >= 0.3 is 0 Å². The lowest BCUT2D eigenvalue weighted by Gasteiger charge is -2.17. The van der Waals surface area contributed by atoms with Crippen LogP contribution in [0.3, 0.4) is 0 Å². The Kier molecular flexibility index (Phi) is 8.18. The summed E-state index contributed by atoms with van der Waals surface area (Å²) < 4.78 is 27.0. The molecule has 5 heteroatoms. The molecule has 98 valence electrons. The maximum atomic E-state index is 11.6. The fourth-order valence-corrected chi connectivity index (χ4v) is 3.16. The van der Waals surface area contributed by atoms with Crippen LogP contribution in [0, 0.1) is 5.41 Å². The molecule has 0 heterocycles. The number of sulfonamides is 1. The zero-order valence-corrected chi connectivity index (χ0v) is 13.5. The Labute approximate surface area is 114 Å². The van der Waals surface area contributed by atoms with E-state index in [4.69, 9.17) is 0 Å². The van der Waals surface area contributed by atoms with Gasteiger partial charge in [-0.1, -0.05) is 49.8 Å². The second kappa shape index (κ2) is 7.87. The number of nitrogens with one attached hydrogen (secondary N) is 1. The molecule has 16 heavy (non-hydrogen) atoms. The molecular formula is C11H24INO2S. The first kappa shape index (κ1) is 16.6. The third-order valence-electron chi connectivity index (χ3n) is 2.25. The Hall–Kier alpha value is 0.640. The summed E-state index contributed by atoms with van der Waals surface area (Å²) >= 11 is 2.34. The molecule has 0 rings (SSSR count). The SMILES string of the molecule is CC(C)(C)CCS(=O)(=O)NCCCCCI. The lowest BCUT2D eigenvalue weighted by atomic mass is 9.94. The number of unbranched alkanes of at least 4 members (excludes halogenated alkanes) is 2. The standard InChI is InChI=1S/C11H24INO2S/c1-11(2,3)7-10-16(14,15)13-9-6-4-5-8-12/h13H,4-10H2,1-3H3. The van der Waals surface area contributed by atoms with Crippen molar-refractivity contribution in [3.63, 3.8) is 0 Å². The van der Waals surface area contributed by atoms with E-state index in [9.17, 15) is 8.42 Å². The molecule has 0 aromatic carbocycles. The number of hydrogen-bond acceptors (Lipinski definition) is 2. The molecular weight excluding hydrogens is 337 g/mol. The van der Waals surface area contributed by atoms with Crippen molar-refractivity contribution in [2.45, 2.75) is 46.5 Å².